The summed E-state index contributed by atoms with van der Waals surface area (Å²) in [6, 6.07) is 6.30. The van der Waals surface area contributed by atoms with Gasteiger partial charge in [-0.1, -0.05) is 12.1 Å². The summed E-state index contributed by atoms with van der Waals surface area (Å²) < 4.78 is 29.3. The van der Waals surface area contributed by atoms with Crippen molar-refractivity contribution in [3.8, 4) is 0 Å². The van der Waals surface area contributed by atoms with E-state index in [1.165, 1.54) is 6.07 Å². The summed E-state index contributed by atoms with van der Waals surface area (Å²) in [5.41, 5.74) is 0.166. The van der Waals surface area contributed by atoms with Crippen molar-refractivity contribution in [2.75, 3.05) is 13.2 Å². The number of hydrogen-bond donors (Lipinski definition) is 1. The molecule has 1 aromatic carbocycles. The number of para-hydroxylation sites is 1. The van der Waals surface area contributed by atoms with E-state index >= 15 is 0 Å². The first-order valence-electron chi connectivity index (χ1n) is 5.83. The van der Waals surface area contributed by atoms with Gasteiger partial charge < -0.3 is 19.0 Å². The zero-order chi connectivity index (χ0) is 12.5. The van der Waals surface area contributed by atoms with Crippen LogP contribution in [0.25, 0.3) is 11.0 Å². The molecule has 0 saturated carbocycles. The molecule has 5 heteroatoms. The van der Waals surface area contributed by atoms with Gasteiger partial charge in [-0.3, -0.25) is 0 Å². The maximum Gasteiger partial charge on any atom is 0.170 e. The lowest BCUT2D eigenvalue weighted by Gasteiger charge is -2.12. The molecule has 1 atom stereocenters. The number of ether oxygens (including phenoxy) is 2. The van der Waals surface area contributed by atoms with Crippen molar-refractivity contribution in [3.63, 3.8) is 0 Å². The van der Waals surface area contributed by atoms with Crippen LogP contribution < -0.4 is 0 Å². The fraction of sp³-hybridized carbons (Fsp3) is 0.385. The monoisotopic (exact) mass is 252 g/mol. The molecule has 2 aromatic rings. The molecule has 1 aromatic heterocycles. The predicted molar refractivity (Wildman–Crippen MR) is 61.4 cm³/mol. The Hall–Kier alpha value is -1.43. The van der Waals surface area contributed by atoms with Crippen LogP contribution in [0, 0.1) is 5.82 Å². The van der Waals surface area contributed by atoms with Gasteiger partial charge in [-0.2, -0.15) is 0 Å². The van der Waals surface area contributed by atoms with Crippen LogP contribution in [-0.2, 0) is 9.47 Å². The lowest BCUT2D eigenvalue weighted by molar-refractivity contribution is -0.0734. The summed E-state index contributed by atoms with van der Waals surface area (Å²) in [6.07, 6.45) is -1.00. The Balaban J connectivity index is 1.82. The molecule has 2 heterocycles. The summed E-state index contributed by atoms with van der Waals surface area (Å²) in [4.78, 5) is 0. The number of hydrogen-bond acceptors (Lipinski definition) is 4. The Labute approximate surface area is 103 Å². The van der Waals surface area contributed by atoms with E-state index < -0.39 is 18.2 Å². The molecule has 0 amide bonds. The van der Waals surface area contributed by atoms with E-state index in [4.69, 9.17) is 13.9 Å². The Kier molecular flexibility index (Phi) is 3.03. The van der Waals surface area contributed by atoms with Gasteiger partial charge in [0.05, 0.1) is 13.2 Å². The van der Waals surface area contributed by atoms with Gasteiger partial charge in [0.25, 0.3) is 0 Å². The highest BCUT2D eigenvalue weighted by atomic mass is 19.1. The van der Waals surface area contributed by atoms with E-state index in [0.717, 1.165) is 0 Å². The second-order valence-corrected chi connectivity index (χ2v) is 4.23. The SMILES string of the molecule is OC(CC1OCCO1)c1cc2cccc(F)c2o1. The fourth-order valence-electron chi connectivity index (χ4n) is 2.05. The standard InChI is InChI=1S/C13H13FO4/c14-9-3-1-2-8-6-11(18-13(8)9)10(15)7-12-16-4-5-17-12/h1-3,6,10,12,15H,4-5,7H2. The highest BCUT2D eigenvalue weighted by molar-refractivity contribution is 5.78. The minimum absolute atomic E-state index is 0.166. The zero-order valence-electron chi connectivity index (χ0n) is 9.64. The summed E-state index contributed by atoms with van der Waals surface area (Å²) in [7, 11) is 0. The highest BCUT2D eigenvalue weighted by Gasteiger charge is 2.23. The molecule has 1 fully saturated rings. The number of aliphatic hydroxyl groups is 1. The Morgan fingerprint density at radius 1 is 1.33 bits per heavy atom. The van der Waals surface area contributed by atoms with E-state index in [9.17, 15) is 9.50 Å². The van der Waals surface area contributed by atoms with Crippen LogP contribution in [0.4, 0.5) is 4.39 Å². The van der Waals surface area contributed by atoms with Gasteiger partial charge >= 0.3 is 0 Å². The highest BCUT2D eigenvalue weighted by Crippen LogP contribution is 2.29. The number of halogens is 1. The van der Waals surface area contributed by atoms with Gasteiger partial charge in [-0.15, -0.1) is 0 Å². The largest absolute Gasteiger partial charge is 0.455 e. The first-order chi connectivity index (χ1) is 8.74. The van der Waals surface area contributed by atoms with Crippen molar-refractivity contribution in [1.29, 1.82) is 0 Å². The van der Waals surface area contributed by atoms with E-state index in [0.29, 0.717) is 24.4 Å². The summed E-state index contributed by atoms with van der Waals surface area (Å²) in [6.45, 7) is 1.07. The smallest absolute Gasteiger partial charge is 0.170 e. The molecule has 4 nitrogen and oxygen atoms in total. The third kappa shape index (κ3) is 2.12. The van der Waals surface area contributed by atoms with Crippen LogP contribution in [0.3, 0.4) is 0 Å². The van der Waals surface area contributed by atoms with Crippen LogP contribution in [-0.4, -0.2) is 24.6 Å². The maximum absolute atomic E-state index is 13.4. The van der Waals surface area contributed by atoms with Gasteiger partial charge in [-0.25, -0.2) is 4.39 Å². The molecule has 0 bridgehead atoms. The van der Waals surface area contributed by atoms with Crippen LogP contribution >= 0.6 is 0 Å². The second kappa shape index (κ2) is 4.68. The molecule has 1 N–H and O–H groups in total. The van der Waals surface area contributed by atoms with Crippen molar-refractivity contribution in [2.45, 2.75) is 18.8 Å². The average Bonchev–Trinajstić information content (AvgIpc) is 2.97. The molecule has 0 aliphatic carbocycles. The quantitative estimate of drug-likeness (QED) is 0.911. The molecule has 1 unspecified atom stereocenters. The molecular formula is C13H13FO4. The van der Waals surface area contributed by atoms with E-state index in [2.05, 4.69) is 0 Å². The van der Waals surface area contributed by atoms with Gasteiger partial charge in [0, 0.05) is 11.8 Å². The Morgan fingerprint density at radius 3 is 2.83 bits per heavy atom. The second-order valence-electron chi connectivity index (χ2n) is 4.23. The lowest BCUT2D eigenvalue weighted by Crippen LogP contribution is -2.12. The number of fused-ring (bicyclic) bond motifs is 1. The Morgan fingerprint density at radius 2 is 2.11 bits per heavy atom. The van der Waals surface area contributed by atoms with E-state index in [1.54, 1.807) is 18.2 Å². The minimum Gasteiger partial charge on any atom is -0.455 e. The molecule has 3 rings (SSSR count). The number of furan rings is 1. The van der Waals surface area contributed by atoms with Crippen LogP contribution in [0.15, 0.2) is 28.7 Å². The number of aliphatic hydroxyl groups excluding tert-OH is 1. The van der Waals surface area contributed by atoms with Crippen molar-refractivity contribution >= 4 is 11.0 Å². The lowest BCUT2D eigenvalue weighted by atomic mass is 10.2. The zero-order valence-corrected chi connectivity index (χ0v) is 9.64. The molecule has 1 aliphatic heterocycles. The summed E-state index contributed by atoms with van der Waals surface area (Å²) >= 11 is 0. The maximum atomic E-state index is 13.4. The van der Waals surface area contributed by atoms with Crippen molar-refractivity contribution < 1.29 is 23.4 Å². The van der Waals surface area contributed by atoms with Crippen molar-refractivity contribution in [1.82, 2.24) is 0 Å². The normalized spacial score (nSPS) is 18.6. The minimum atomic E-state index is -0.861. The average molecular weight is 252 g/mol. The van der Waals surface area contributed by atoms with Gasteiger partial charge in [0.15, 0.2) is 17.7 Å². The molecule has 0 radical (unpaired) electrons. The number of benzene rings is 1. The molecule has 1 aliphatic rings. The van der Waals surface area contributed by atoms with Gasteiger partial charge in [0.2, 0.25) is 0 Å². The van der Waals surface area contributed by atoms with Crippen LogP contribution in [0.1, 0.15) is 18.3 Å². The molecule has 1 saturated heterocycles. The topological polar surface area (TPSA) is 51.8 Å². The fourth-order valence-corrected chi connectivity index (χ4v) is 2.05. The third-order valence-corrected chi connectivity index (χ3v) is 2.95. The van der Waals surface area contributed by atoms with Gasteiger partial charge in [0.1, 0.15) is 11.9 Å². The van der Waals surface area contributed by atoms with Crippen LogP contribution in [0.2, 0.25) is 0 Å². The summed E-state index contributed by atoms with van der Waals surface area (Å²) in [5, 5.41) is 10.6. The number of rotatable bonds is 3. The summed E-state index contributed by atoms with van der Waals surface area (Å²) in [5.74, 6) is -0.103. The van der Waals surface area contributed by atoms with Gasteiger partial charge in [-0.05, 0) is 12.1 Å². The Bertz CT molecular complexity index is 545. The first kappa shape index (κ1) is 11.6. The molecule has 0 spiro atoms. The van der Waals surface area contributed by atoms with E-state index in [1.807, 2.05) is 0 Å². The third-order valence-electron chi connectivity index (χ3n) is 2.95. The molecule has 18 heavy (non-hydrogen) atoms. The van der Waals surface area contributed by atoms with Crippen molar-refractivity contribution in [2.24, 2.45) is 0 Å². The molecular weight excluding hydrogens is 239 g/mol. The predicted octanol–water partition coefficient (Wildman–Crippen LogP) is 2.37. The molecule has 96 valence electrons. The van der Waals surface area contributed by atoms with E-state index in [-0.39, 0.29) is 12.0 Å². The van der Waals surface area contributed by atoms with Crippen molar-refractivity contribution in [3.05, 3.63) is 35.8 Å². The first-order valence-corrected chi connectivity index (χ1v) is 5.83. The van der Waals surface area contributed by atoms with Crippen LogP contribution in [0.5, 0.6) is 0 Å².